The van der Waals surface area contributed by atoms with Gasteiger partial charge in [-0.05, 0) is 38.6 Å². The maximum atomic E-state index is 11.7. The van der Waals surface area contributed by atoms with Gasteiger partial charge >= 0.3 is 0 Å². The molecular weight excluding hydrogens is 242 g/mol. The Morgan fingerprint density at radius 3 is 2.21 bits per heavy atom. The molecule has 0 heterocycles. The molecule has 0 saturated heterocycles. The highest BCUT2D eigenvalue weighted by atomic mass is 16.2. The first-order valence-corrected chi connectivity index (χ1v) is 7.11. The molecule has 0 aliphatic carbocycles. The van der Waals surface area contributed by atoms with Gasteiger partial charge in [-0.3, -0.25) is 9.59 Å². The van der Waals surface area contributed by atoms with Crippen molar-refractivity contribution in [1.82, 2.24) is 10.6 Å². The molecule has 0 saturated carbocycles. The Kier molecular flexibility index (Phi) is 9.21. The fourth-order valence-corrected chi connectivity index (χ4v) is 1.97. The predicted octanol–water partition coefficient (Wildman–Crippen LogP) is 1.03. The summed E-state index contributed by atoms with van der Waals surface area (Å²) in [5.41, 5.74) is 5.66. The standard InChI is InChI=1S/C14H29N3O2/c1-10(2)7-12(9-15)8-14(19)16-6-5-13(18)17-11(3)4/h10-12H,5-9,15H2,1-4H3,(H,16,19)(H,17,18). The van der Waals surface area contributed by atoms with Crippen LogP contribution < -0.4 is 16.4 Å². The van der Waals surface area contributed by atoms with Gasteiger partial charge in [0.1, 0.15) is 0 Å². The molecule has 0 aliphatic heterocycles. The molecule has 4 N–H and O–H groups in total. The Bertz CT molecular complexity index is 278. The Morgan fingerprint density at radius 2 is 1.74 bits per heavy atom. The molecule has 0 rings (SSSR count). The second-order valence-electron chi connectivity index (χ2n) is 5.76. The van der Waals surface area contributed by atoms with E-state index >= 15 is 0 Å². The third kappa shape index (κ3) is 10.5. The summed E-state index contributed by atoms with van der Waals surface area (Å²) in [5, 5.41) is 5.55. The molecular formula is C14H29N3O2. The number of nitrogens with two attached hydrogens (primary N) is 1. The van der Waals surface area contributed by atoms with E-state index in [9.17, 15) is 9.59 Å². The minimum absolute atomic E-state index is 0.0200. The summed E-state index contributed by atoms with van der Waals surface area (Å²) in [6.07, 6.45) is 1.72. The van der Waals surface area contributed by atoms with Crippen LogP contribution in [0.25, 0.3) is 0 Å². The van der Waals surface area contributed by atoms with Crippen LogP contribution in [0.15, 0.2) is 0 Å². The molecule has 0 aromatic carbocycles. The van der Waals surface area contributed by atoms with Gasteiger partial charge in [0.15, 0.2) is 0 Å². The normalized spacial score (nSPS) is 12.6. The molecule has 19 heavy (non-hydrogen) atoms. The molecule has 0 aliphatic rings. The smallest absolute Gasteiger partial charge is 0.221 e. The van der Waals surface area contributed by atoms with Gasteiger partial charge in [0, 0.05) is 25.4 Å². The summed E-state index contributed by atoms with van der Waals surface area (Å²) in [4.78, 5) is 23.1. The Balaban J connectivity index is 3.82. The van der Waals surface area contributed by atoms with Crippen LogP contribution in [0.5, 0.6) is 0 Å². The van der Waals surface area contributed by atoms with Crippen LogP contribution in [0.3, 0.4) is 0 Å². The maximum absolute atomic E-state index is 11.7. The van der Waals surface area contributed by atoms with Crippen molar-refractivity contribution in [3.05, 3.63) is 0 Å². The van der Waals surface area contributed by atoms with Crippen molar-refractivity contribution in [3.8, 4) is 0 Å². The van der Waals surface area contributed by atoms with Crippen LogP contribution in [-0.2, 0) is 9.59 Å². The lowest BCUT2D eigenvalue weighted by molar-refractivity contribution is -0.123. The van der Waals surface area contributed by atoms with E-state index in [1.807, 2.05) is 13.8 Å². The minimum atomic E-state index is -0.0344. The molecule has 5 nitrogen and oxygen atoms in total. The third-order valence-corrected chi connectivity index (χ3v) is 2.74. The van der Waals surface area contributed by atoms with Crippen molar-refractivity contribution in [1.29, 1.82) is 0 Å². The summed E-state index contributed by atoms with van der Waals surface area (Å²) in [7, 11) is 0. The molecule has 2 amide bonds. The van der Waals surface area contributed by atoms with E-state index in [1.54, 1.807) is 0 Å². The van der Waals surface area contributed by atoms with E-state index in [-0.39, 0.29) is 23.8 Å². The number of rotatable bonds is 9. The lowest BCUT2D eigenvalue weighted by atomic mass is 9.94. The van der Waals surface area contributed by atoms with Gasteiger partial charge in [0.25, 0.3) is 0 Å². The van der Waals surface area contributed by atoms with Gasteiger partial charge in [-0.1, -0.05) is 13.8 Å². The Labute approximate surface area is 116 Å². The molecule has 5 heteroatoms. The van der Waals surface area contributed by atoms with Gasteiger partial charge < -0.3 is 16.4 Å². The summed E-state index contributed by atoms with van der Waals surface area (Å²) < 4.78 is 0. The summed E-state index contributed by atoms with van der Waals surface area (Å²) in [6.45, 7) is 8.98. The second-order valence-corrected chi connectivity index (χ2v) is 5.76. The number of carbonyl (C=O) groups is 2. The van der Waals surface area contributed by atoms with Crippen LogP contribution in [0.1, 0.15) is 47.0 Å². The van der Waals surface area contributed by atoms with E-state index in [0.29, 0.717) is 31.8 Å². The summed E-state index contributed by atoms with van der Waals surface area (Å²) in [5.74, 6) is 0.712. The lowest BCUT2D eigenvalue weighted by Gasteiger charge is -2.16. The zero-order valence-corrected chi connectivity index (χ0v) is 12.7. The third-order valence-electron chi connectivity index (χ3n) is 2.74. The van der Waals surface area contributed by atoms with E-state index in [2.05, 4.69) is 24.5 Å². The van der Waals surface area contributed by atoms with Crippen LogP contribution in [0.4, 0.5) is 0 Å². The first-order valence-electron chi connectivity index (χ1n) is 7.11. The first-order chi connectivity index (χ1) is 8.85. The van der Waals surface area contributed by atoms with E-state index < -0.39 is 0 Å². The average molecular weight is 271 g/mol. The number of hydrogen-bond donors (Lipinski definition) is 3. The van der Waals surface area contributed by atoms with Crippen molar-refractivity contribution >= 4 is 11.8 Å². The monoisotopic (exact) mass is 271 g/mol. The quantitative estimate of drug-likeness (QED) is 0.585. The van der Waals surface area contributed by atoms with Crippen molar-refractivity contribution in [2.75, 3.05) is 13.1 Å². The van der Waals surface area contributed by atoms with Crippen LogP contribution in [-0.4, -0.2) is 30.9 Å². The van der Waals surface area contributed by atoms with E-state index in [1.165, 1.54) is 0 Å². The van der Waals surface area contributed by atoms with Crippen molar-refractivity contribution in [2.24, 2.45) is 17.6 Å². The number of nitrogens with one attached hydrogen (secondary N) is 2. The molecule has 0 bridgehead atoms. The van der Waals surface area contributed by atoms with Crippen LogP contribution >= 0.6 is 0 Å². The van der Waals surface area contributed by atoms with Gasteiger partial charge in [0.2, 0.25) is 11.8 Å². The van der Waals surface area contributed by atoms with Gasteiger partial charge in [-0.15, -0.1) is 0 Å². The minimum Gasteiger partial charge on any atom is -0.356 e. The lowest BCUT2D eigenvalue weighted by Crippen LogP contribution is -2.35. The van der Waals surface area contributed by atoms with Gasteiger partial charge in [-0.25, -0.2) is 0 Å². The second kappa shape index (κ2) is 9.78. The van der Waals surface area contributed by atoms with Crippen molar-refractivity contribution in [2.45, 2.75) is 53.0 Å². The molecule has 0 aromatic rings. The number of amides is 2. The highest BCUT2D eigenvalue weighted by molar-refractivity contribution is 5.79. The summed E-state index contributed by atoms with van der Waals surface area (Å²) >= 11 is 0. The zero-order valence-electron chi connectivity index (χ0n) is 12.7. The highest BCUT2D eigenvalue weighted by Crippen LogP contribution is 2.13. The topological polar surface area (TPSA) is 84.2 Å². The van der Waals surface area contributed by atoms with Crippen molar-refractivity contribution < 1.29 is 9.59 Å². The van der Waals surface area contributed by atoms with Crippen molar-refractivity contribution in [3.63, 3.8) is 0 Å². The van der Waals surface area contributed by atoms with E-state index in [4.69, 9.17) is 5.73 Å². The maximum Gasteiger partial charge on any atom is 0.221 e. The summed E-state index contributed by atoms with van der Waals surface area (Å²) in [6, 6.07) is 0.135. The molecule has 1 atom stereocenters. The molecule has 0 fully saturated rings. The first kappa shape index (κ1) is 17.9. The van der Waals surface area contributed by atoms with Crippen LogP contribution in [0.2, 0.25) is 0 Å². The molecule has 0 aromatic heterocycles. The predicted molar refractivity (Wildman–Crippen MR) is 77.5 cm³/mol. The SMILES string of the molecule is CC(C)CC(CN)CC(=O)NCCC(=O)NC(C)C. The fraction of sp³-hybridized carbons (Fsp3) is 0.857. The number of carbonyl (C=O) groups excluding carboxylic acids is 2. The van der Waals surface area contributed by atoms with Gasteiger partial charge in [0.05, 0.1) is 0 Å². The zero-order chi connectivity index (χ0) is 14.8. The Morgan fingerprint density at radius 1 is 1.11 bits per heavy atom. The molecule has 0 spiro atoms. The van der Waals surface area contributed by atoms with E-state index in [0.717, 1.165) is 6.42 Å². The molecule has 0 radical (unpaired) electrons. The number of hydrogen-bond acceptors (Lipinski definition) is 3. The average Bonchev–Trinajstić information content (AvgIpc) is 2.26. The highest BCUT2D eigenvalue weighted by Gasteiger charge is 2.14. The molecule has 112 valence electrons. The fourth-order valence-electron chi connectivity index (χ4n) is 1.97. The van der Waals surface area contributed by atoms with Crippen LogP contribution in [0, 0.1) is 11.8 Å². The van der Waals surface area contributed by atoms with Gasteiger partial charge in [-0.2, -0.15) is 0 Å². The molecule has 1 unspecified atom stereocenters. The Hall–Kier alpha value is -1.10. The largest absolute Gasteiger partial charge is 0.356 e.